The van der Waals surface area contributed by atoms with Gasteiger partial charge in [-0.25, -0.2) is 0 Å². The molecule has 42 valence electrons. The molecule has 2 unspecified atom stereocenters. The first kappa shape index (κ1) is 4.33. The van der Waals surface area contributed by atoms with Crippen LogP contribution in [-0.4, -0.2) is 12.2 Å². The zero-order valence-corrected chi connectivity index (χ0v) is 4.58. The molecule has 0 N–H and O–H groups in total. The van der Waals surface area contributed by atoms with Crippen molar-refractivity contribution in [1.82, 2.24) is 0 Å². The lowest BCUT2D eigenvalue weighted by molar-refractivity contribution is 0.412. The summed E-state index contributed by atoms with van der Waals surface area (Å²) in [6.45, 7) is 0. The minimum atomic E-state index is 0.425. The van der Waals surface area contributed by atoms with Gasteiger partial charge < -0.3 is 4.74 Å². The van der Waals surface area contributed by atoms with Gasteiger partial charge in [0.1, 0.15) is 12.2 Å². The lowest BCUT2D eigenvalue weighted by Crippen LogP contribution is -1.79. The van der Waals surface area contributed by atoms with E-state index in [1.54, 1.807) is 0 Å². The summed E-state index contributed by atoms with van der Waals surface area (Å²) in [7, 11) is 0. The summed E-state index contributed by atoms with van der Waals surface area (Å²) in [6, 6.07) is 0. The molecule has 1 saturated heterocycles. The van der Waals surface area contributed by atoms with Crippen molar-refractivity contribution >= 4 is 0 Å². The van der Waals surface area contributed by atoms with Crippen LogP contribution in [0.3, 0.4) is 0 Å². The van der Waals surface area contributed by atoms with Crippen molar-refractivity contribution in [3.63, 3.8) is 0 Å². The third kappa shape index (κ3) is 0.594. The Labute approximate surface area is 48.7 Å². The smallest absolute Gasteiger partial charge is 0.106 e. The molecule has 0 aromatic carbocycles. The Morgan fingerprint density at radius 1 is 1.12 bits per heavy atom. The van der Waals surface area contributed by atoms with Crippen LogP contribution >= 0.6 is 0 Å². The van der Waals surface area contributed by atoms with Gasteiger partial charge in [0, 0.05) is 0 Å². The third-order valence-corrected chi connectivity index (χ3v) is 1.49. The van der Waals surface area contributed by atoms with Gasteiger partial charge in [-0.2, -0.15) is 0 Å². The van der Waals surface area contributed by atoms with E-state index in [2.05, 4.69) is 24.3 Å². The molecule has 1 aliphatic heterocycles. The quantitative estimate of drug-likeness (QED) is 0.336. The summed E-state index contributed by atoms with van der Waals surface area (Å²) in [5.74, 6) is 0. The normalized spacial score (nSPS) is 41.0. The molecule has 1 heteroatoms. The molecule has 1 fully saturated rings. The minimum absolute atomic E-state index is 0.425. The second kappa shape index (κ2) is 1.46. The molecule has 0 bridgehead atoms. The monoisotopic (exact) mass is 108 g/mol. The second-order valence-electron chi connectivity index (χ2n) is 2.16. The zero-order valence-electron chi connectivity index (χ0n) is 4.58. The summed E-state index contributed by atoms with van der Waals surface area (Å²) in [4.78, 5) is 0. The predicted molar refractivity (Wildman–Crippen MR) is 31.6 cm³/mol. The molecule has 2 atom stereocenters. The molecular formula is C7H8O. The predicted octanol–water partition coefficient (Wildman–Crippen LogP) is 1.27. The number of rotatable bonds is 0. The van der Waals surface area contributed by atoms with Crippen molar-refractivity contribution in [3.8, 4) is 0 Å². The Morgan fingerprint density at radius 2 is 1.75 bits per heavy atom. The fraction of sp³-hybridized carbons (Fsp3) is 0.429. The van der Waals surface area contributed by atoms with E-state index in [1.807, 2.05) is 0 Å². The van der Waals surface area contributed by atoms with E-state index in [-0.39, 0.29) is 0 Å². The van der Waals surface area contributed by atoms with E-state index >= 15 is 0 Å². The van der Waals surface area contributed by atoms with Crippen molar-refractivity contribution in [2.24, 2.45) is 0 Å². The molecule has 0 aromatic heterocycles. The van der Waals surface area contributed by atoms with E-state index in [4.69, 9.17) is 4.74 Å². The molecule has 8 heavy (non-hydrogen) atoms. The van der Waals surface area contributed by atoms with Crippen LogP contribution in [0.25, 0.3) is 0 Å². The molecule has 0 aromatic rings. The molecule has 2 aliphatic rings. The van der Waals surface area contributed by atoms with Crippen molar-refractivity contribution in [2.45, 2.75) is 18.6 Å². The maximum absolute atomic E-state index is 5.18. The molecular weight excluding hydrogens is 100 g/mol. The second-order valence-corrected chi connectivity index (χ2v) is 2.16. The van der Waals surface area contributed by atoms with Crippen LogP contribution in [0.4, 0.5) is 0 Å². The Bertz CT molecular complexity index is 130. The van der Waals surface area contributed by atoms with Crippen molar-refractivity contribution < 1.29 is 4.74 Å². The van der Waals surface area contributed by atoms with Crippen molar-refractivity contribution in [3.05, 3.63) is 24.3 Å². The third-order valence-electron chi connectivity index (χ3n) is 1.49. The molecule has 2 rings (SSSR count). The van der Waals surface area contributed by atoms with Gasteiger partial charge >= 0.3 is 0 Å². The largest absolute Gasteiger partial charge is 0.361 e. The van der Waals surface area contributed by atoms with E-state index in [0.29, 0.717) is 12.2 Å². The molecule has 0 radical (unpaired) electrons. The van der Waals surface area contributed by atoms with Crippen LogP contribution in [0, 0.1) is 0 Å². The highest BCUT2D eigenvalue weighted by molar-refractivity contribution is 5.16. The maximum Gasteiger partial charge on any atom is 0.106 e. The Morgan fingerprint density at radius 3 is 2.38 bits per heavy atom. The minimum Gasteiger partial charge on any atom is -0.361 e. The lowest BCUT2D eigenvalue weighted by Gasteiger charge is -1.75. The highest BCUT2D eigenvalue weighted by atomic mass is 16.6. The first-order chi connectivity index (χ1) is 3.97. The van der Waals surface area contributed by atoms with E-state index in [1.165, 1.54) is 0 Å². The average molecular weight is 108 g/mol. The van der Waals surface area contributed by atoms with Crippen LogP contribution in [0.2, 0.25) is 0 Å². The topological polar surface area (TPSA) is 12.5 Å². The van der Waals surface area contributed by atoms with Gasteiger partial charge in [-0.15, -0.1) is 0 Å². The van der Waals surface area contributed by atoms with Gasteiger partial charge in [0.05, 0.1) is 0 Å². The number of fused-ring (bicyclic) bond motifs is 1. The van der Waals surface area contributed by atoms with Crippen LogP contribution < -0.4 is 0 Å². The number of allylic oxidation sites excluding steroid dienone is 2. The molecule has 0 amide bonds. The summed E-state index contributed by atoms with van der Waals surface area (Å²) in [5.41, 5.74) is 0. The van der Waals surface area contributed by atoms with Crippen LogP contribution in [0.1, 0.15) is 6.42 Å². The number of ether oxygens (including phenoxy) is 1. The summed E-state index contributed by atoms with van der Waals surface area (Å²) in [5, 5.41) is 0. The van der Waals surface area contributed by atoms with Gasteiger partial charge in [0.15, 0.2) is 0 Å². The van der Waals surface area contributed by atoms with Crippen molar-refractivity contribution in [1.29, 1.82) is 0 Å². The fourth-order valence-corrected chi connectivity index (χ4v) is 0.950. The van der Waals surface area contributed by atoms with Crippen LogP contribution in [0.15, 0.2) is 24.3 Å². The highest BCUT2D eigenvalue weighted by Crippen LogP contribution is 2.26. The van der Waals surface area contributed by atoms with Gasteiger partial charge in [-0.05, 0) is 6.42 Å². The first-order valence-corrected chi connectivity index (χ1v) is 2.95. The van der Waals surface area contributed by atoms with Gasteiger partial charge in [-0.3, -0.25) is 0 Å². The van der Waals surface area contributed by atoms with E-state index < -0.39 is 0 Å². The first-order valence-electron chi connectivity index (χ1n) is 2.95. The van der Waals surface area contributed by atoms with E-state index in [9.17, 15) is 0 Å². The summed E-state index contributed by atoms with van der Waals surface area (Å²) >= 11 is 0. The summed E-state index contributed by atoms with van der Waals surface area (Å²) < 4.78 is 5.18. The zero-order chi connectivity index (χ0) is 5.40. The van der Waals surface area contributed by atoms with Gasteiger partial charge in [0.2, 0.25) is 0 Å². The van der Waals surface area contributed by atoms with Crippen molar-refractivity contribution in [2.75, 3.05) is 0 Å². The Balaban J connectivity index is 2.17. The number of epoxide rings is 1. The number of hydrogen-bond acceptors (Lipinski definition) is 1. The molecule has 1 heterocycles. The van der Waals surface area contributed by atoms with E-state index in [0.717, 1.165) is 6.42 Å². The molecule has 0 spiro atoms. The number of hydrogen-bond donors (Lipinski definition) is 0. The lowest BCUT2D eigenvalue weighted by atomic mass is 10.3. The average Bonchev–Trinajstić information content (AvgIpc) is 2.36. The SMILES string of the molecule is C1=CC2OC2C=CC1. The standard InChI is InChI=1S/C7H8O/c1-2-4-6-7(8-6)5-3-1/h2-7H,1H2. The highest BCUT2D eigenvalue weighted by Gasteiger charge is 2.33. The Hall–Kier alpha value is -0.560. The molecule has 1 nitrogen and oxygen atoms in total. The fourth-order valence-electron chi connectivity index (χ4n) is 0.950. The van der Waals surface area contributed by atoms with Crippen LogP contribution in [0.5, 0.6) is 0 Å². The maximum atomic E-state index is 5.18. The molecule has 0 saturated carbocycles. The van der Waals surface area contributed by atoms with Crippen LogP contribution in [-0.2, 0) is 4.74 Å². The molecule has 1 aliphatic carbocycles. The Kier molecular flexibility index (Phi) is 0.788. The van der Waals surface area contributed by atoms with Gasteiger partial charge in [-0.1, -0.05) is 24.3 Å². The van der Waals surface area contributed by atoms with Gasteiger partial charge in [0.25, 0.3) is 0 Å². The summed E-state index contributed by atoms with van der Waals surface area (Å²) in [6.07, 6.45) is 10.5.